The van der Waals surface area contributed by atoms with Crippen molar-refractivity contribution in [3.8, 4) is 0 Å². The molecular weight excluding hydrogens is 322 g/mol. The quantitative estimate of drug-likeness (QED) is 0.868. The van der Waals surface area contributed by atoms with Gasteiger partial charge in [-0.2, -0.15) is 0 Å². The van der Waals surface area contributed by atoms with Crippen molar-refractivity contribution in [2.75, 3.05) is 39.0 Å². The van der Waals surface area contributed by atoms with Crippen LogP contribution in [0, 0.1) is 0 Å². The second-order valence-corrected chi connectivity index (χ2v) is 7.35. The molecule has 2 aromatic rings. The zero-order chi connectivity index (χ0) is 18.4. The summed E-state index contributed by atoms with van der Waals surface area (Å²) in [7, 11) is 3.69. The predicted molar refractivity (Wildman–Crippen MR) is 107 cm³/mol. The number of nitrogens with one attached hydrogen (secondary N) is 1. The number of para-hydroxylation sites is 1. The Labute approximate surface area is 156 Å². The van der Waals surface area contributed by atoms with Crippen molar-refractivity contribution < 1.29 is 4.79 Å². The van der Waals surface area contributed by atoms with Gasteiger partial charge in [0, 0.05) is 39.4 Å². The minimum atomic E-state index is -0.506. The normalized spacial score (nSPS) is 16.8. The lowest BCUT2D eigenvalue weighted by molar-refractivity contribution is -0.135. The predicted octanol–water partition coefficient (Wildman–Crippen LogP) is 3.26. The van der Waals surface area contributed by atoms with E-state index in [-0.39, 0.29) is 5.91 Å². The SMILES string of the molecule is CN(C)C(=O)C1(Nc2ccccc2)CCN(CCc2ccccc2)CC1. The maximum Gasteiger partial charge on any atom is 0.247 e. The molecule has 4 nitrogen and oxygen atoms in total. The Morgan fingerprint density at radius 3 is 2.15 bits per heavy atom. The Bertz CT molecular complexity index is 692. The lowest BCUT2D eigenvalue weighted by atomic mass is 9.85. The first-order valence-corrected chi connectivity index (χ1v) is 9.40. The van der Waals surface area contributed by atoms with E-state index in [4.69, 9.17) is 0 Å². The average molecular weight is 351 g/mol. The Morgan fingerprint density at radius 2 is 1.58 bits per heavy atom. The van der Waals surface area contributed by atoms with Gasteiger partial charge in [0.2, 0.25) is 5.91 Å². The summed E-state index contributed by atoms with van der Waals surface area (Å²) in [4.78, 5) is 17.1. The largest absolute Gasteiger partial charge is 0.371 e. The fourth-order valence-corrected chi connectivity index (χ4v) is 3.71. The van der Waals surface area contributed by atoms with E-state index in [0.29, 0.717) is 0 Å². The summed E-state index contributed by atoms with van der Waals surface area (Å²) in [5, 5.41) is 3.55. The van der Waals surface area contributed by atoms with Gasteiger partial charge in [0.05, 0.1) is 0 Å². The highest BCUT2D eigenvalue weighted by molar-refractivity contribution is 5.89. The Hall–Kier alpha value is -2.33. The number of benzene rings is 2. The number of carbonyl (C=O) groups is 1. The summed E-state index contributed by atoms with van der Waals surface area (Å²) in [6.07, 6.45) is 2.71. The molecule has 2 aromatic carbocycles. The third-order valence-electron chi connectivity index (χ3n) is 5.24. The summed E-state index contributed by atoms with van der Waals surface area (Å²) in [5.41, 5.74) is 1.88. The monoisotopic (exact) mass is 351 g/mol. The van der Waals surface area contributed by atoms with Crippen LogP contribution in [-0.2, 0) is 11.2 Å². The minimum Gasteiger partial charge on any atom is -0.371 e. The van der Waals surface area contributed by atoms with E-state index >= 15 is 0 Å². The van der Waals surface area contributed by atoms with E-state index in [1.54, 1.807) is 4.90 Å². The molecule has 1 fully saturated rings. The van der Waals surface area contributed by atoms with Gasteiger partial charge in [0.25, 0.3) is 0 Å². The highest BCUT2D eigenvalue weighted by Crippen LogP contribution is 2.29. The number of hydrogen-bond donors (Lipinski definition) is 1. The fourth-order valence-electron chi connectivity index (χ4n) is 3.71. The molecule has 1 heterocycles. The molecule has 0 spiro atoms. The molecule has 1 aliphatic rings. The molecule has 0 saturated carbocycles. The highest BCUT2D eigenvalue weighted by Gasteiger charge is 2.42. The molecule has 3 rings (SSSR count). The fraction of sp³-hybridized carbons (Fsp3) is 0.409. The Kier molecular flexibility index (Phi) is 5.94. The van der Waals surface area contributed by atoms with E-state index in [2.05, 4.69) is 40.5 Å². The number of carbonyl (C=O) groups excluding carboxylic acids is 1. The van der Waals surface area contributed by atoms with Crippen LogP contribution in [0.3, 0.4) is 0 Å². The number of nitrogens with zero attached hydrogens (tertiary/aromatic N) is 2. The second kappa shape index (κ2) is 8.37. The average Bonchev–Trinajstić information content (AvgIpc) is 2.68. The first-order chi connectivity index (χ1) is 12.6. The van der Waals surface area contributed by atoms with Gasteiger partial charge >= 0.3 is 0 Å². The lowest BCUT2D eigenvalue weighted by Crippen LogP contribution is -2.58. The molecular formula is C22H29N3O. The van der Waals surface area contributed by atoms with Gasteiger partial charge in [-0.15, -0.1) is 0 Å². The molecule has 0 radical (unpaired) electrons. The zero-order valence-electron chi connectivity index (χ0n) is 15.8. The van der Waals surface area contributed by atoms with Gasteiger partial charge in [-0.3, -0.25) is 4.79 Å². The van der Waals surface area contributed by atoms with E-state index in [0.717, 1.165) is 44.6 Å². The lowest BCUT2D eigenvalue weighted by Gasteiger charge is -2.43. The van der Waals surface area contributed by atoms with Crippen LogP contribution >= 0.6 is 0 Å². The molecule has 0 atom stereocenters. The van der Waals surface area contributed by atoms with Crippen LogP contribution in [0.4, 0.5) is 5.69 Å². The number of likely N-dealkylation sites (N-methyl/N-ethyl adjacent to an activating group) is 1. The van der Waals surface area contributed by atoms with Crippen LogP contribution < -0.4 is 5.32 Å². The standard InChI is InChI=1S/C22H29N3O/c1-24(2)21(26)22(23-20-11-7-4-8-12-20)14-17-25(18-15-22)16-13-19-9-5-3-6-10-19/h3-12,23H,13-18H2,1-2H3. The topological polar surface area (TPSA) is 35.6 Å². The smallest absolute Gasteiger partial charge is 0.247 e. The van der Waals surface area contributed by atoms with Crippen molar-refractivity contribution in [1.82, 2.24) is 9.80 Å². The molecule has 138 valence electrons. The summed E-state index contributed by atoms with van der Waals surface area (Å²) in [5.74, 6) is 0.170. The number of likely N-dealkylation sites (tertiary alicyclic amines) is 1. The Morgan fingerprint density at radius 1 is 1.00 bits per heavy atom. The maximum atomic E-state index is 13.0. The van der Waals surface area contributed by atoms with E-state index in [1.165, 1.54) is 5.56 Å². The van der Waals surface area contributed by atoms with Crippen molar-refractivity contribution in [2.45, 2.75) is 24.8 Å². The van der Waals surface area contributed by atoms with Gasteiger partial charge in [-0.1, -0.05) is 48.5 Å². The molecule has 0 bridgehead atoms. The van der Waals surface area contributed by atoms with Crippen LogP contribution in [0.25, 0.3) is 0 Å². The van der Waals surface area contributed by atoms with Gasteiger partial charge < -0.3 is 15.1 Å². The molecule has 1 aliphatic heterocycles. The summed E-state index contributed by atoms with van der Waals surface area (Å²) >= 11 is 0. The van der Waals surface area contributed by atoms with Gasteiger partial charge in [-0.25, -0.2) is 0 Å². The van der Waals surface area contributed by atoms with Crippen LogP contribution in [0.1, 0.15) is 18.4 Å². The number of anilines is 1. The molecule has 0 aromatic heterocycles. The van der Waals surface area contributed by atoms with Crippen molar-refractivity contribution in [3.05, 3.63) is 66.2 Å². The van der Waals surface area contributed by atoms with Gasteiger partial charge in [0.1, 0.15) is 5.54 Å². The van der Waals surface area contributed by atoms with E-state index < -0.39 is 5.54 Å². The first kappa shape index (κ1) is 18.5. The molecule has 0 aliphatic carbocycles. The van der Waals surface area contributed by atoms with E-state index in [9.17, 15) is 4.79 Å². The minimum absolute atomic E-state index is 0.170. The van der Waals surface area contributed by atoms with Crippen molar-refractivity contribution in [1.29, 1.82) is 0 Å². The molecule has 0 unspecified atom stereocenters. The maximum absolute atomic E-state index is 13.0. The third-order valence-corrected chi connectivity index (χ3v) is 5.24. The first-order valence-electron chi connectivity index (χ1n) is 9.40. The van der Waals surface area contributed by atoms with Crippen molar-refractivity contribution in [2.24, 2.45) is 0 Å². The zero-order valence-corrected chi connectivity index (χ0v) is 15.8. The van der Waals surface area contributed by atoms with E-state index in [1.807, 2.05) is 44.4 Å². The number of amides is 1. The summed E-state index contributed by atoms with van der Waals surface area (Å²) < 4.78 is 0. The van der Waals surface area contributed by atoms with Crippen LogP contribution in [0.5, 0.6) is 0 Å². The number of rotatable bonds is 6. The molecule has 1 N–H and O–H groups in total. The summed E-state index contributed by atoms with van der Waals surface area (Å²) in [6.45, 7) is 2.92. The third kappa shape index (κ3) is 4.44. The van der Waals surface area contributed by atoms with Gasteiger partial charge in [0.15, 0.2) is 0 Å². The highest BCUT2D eigenvalue weighted by atomic mass is 16.2. The van der Waals surface area contributed by atoms with Crippen LogP contribution in [-0.4, -0.2) is 55.0 Å². The van der Waals surface area contributed by atoms with Crippen molar-refractivity contribution >= 4 is 11.6 Å². The number of hydrogen-bond acceptors (Lipinski definition) is 3. The van der Waals surface area contributed by atoms with Gasteiger partial charge in [-0.05, 0) is 37.0 Å². The second-order valence-electron chi connectivity index (χ2n) is 7.35. The molecule has 4 heteroatoms. The molecule has 26 heavy (non-hydrogen) atoms. The Balaban J connectivity index is 1.64. The number of piperidine rings is 1. The molecule has 1 amide bonds. The van der Waals surface area contributed by atoms with Crippen LogP contribution in [0.15, 0.2) is 60.7 Å². The van der Waals surface area contributed by atoms with Crippen LogP contribution in [0.2, 0.25) is 0 Å². The van der Waals surface area contributed by atoms with Crippen molar-refractivity contribution in [3.63, 3.8) is 0 Å². The summed E-state index contributed by atoms with van der Waals surface area (Å²) in [6, 6.07) is 20.7. The molecule has 1 saturated heterocycles.